The summed E-state index contributed by atoms with van der Waals surface area (Å²) in [5.41, 5.74) is 5.89. The highest BCUT2D eigenvalue weighted by Gasteiger charge is 2.20. The number of thiazole rings is 1. The molecule has 0 saturated heterocycles. The van der Waals surface area contributed by atoms with E-state index in [0.717, 1.165) is 15.2 Å². The molecule has 7 heteroatoms. The molecule has 1 heterocycles. The maximum atomic E-state index is 11.7. The van der Waals surface area contributed by atoms with Gasteiger partial charge in [0, 0.05) is 0 Å². The molecule has 2 aromatic rings. The molecule has 20 heavy (non-hydrogen) atoms. The van der Waals surface area contributed by atoms with E-state index in [9.17, 15) is 9.59 Å². The van der Waals surface area contributed by atoms with Gasteiger partial charge in [-0.05, 0) is 26.1 Å². The maximum Gasteiger partial charge on any atom is 0.318 e. The third kappa shape index (κ3) is 3.31. The van der Waals surface area contributed by atoms with Crippen LogP contribution in [-0.2, 0) is 11.3 Å². The zero-order chi connectivity index (χ0) is 14.7. The third-order valence-corrected chi connectivity index (χ3v) is 4.03. The van der Waals surface area contributed by atoms with E-state index >= 15 is 0 Å². The van der Waals surface area contributed by atoms with Gasteiger partial charge in [0.15, 0.2) is 0 Å². The second-order valence-electron chi connectivity index (χ2n) is 4.52. The van der Waals surface area contributed by atoms with E-state index in [1.54, 1.807) is 25.3 Å². The number of fused-ring (bicyclic) bond motifs is 1. The van der Waals surface area contributed by atoms with Gasteiger partial charge in [-0.1, -0.05) is 12.1 Å². The Balaban J connectivity index is 2.05. The summed E-state index contributed by atoms with van der Waals surface area (Å²) in [5, 5.41) is 3.00. The van der Waals surface area contributed by atoms with Crippen LogP contribution in [-0.4, -0.2) is 34.9 Å². The second-order valence-corrected chi connectivity index (χ2v) is 5.64. The van der Waals surface area contributed by atoms with Gasteiger partial charge in [0.05, 0.1) is 22.8 Å². The Hall–Kier alpha value is -1.99. The molecule has 0 spiro atoms. The fraction of sp³-hybridized carbons (Fsp3) is 0.308. The Kier molecular flexibility index (Phi) is 4.31. The highest BCUT2D eigenvalue weighted by atomic mass is 32.1. The van der Waals surface area contributed by atoms with Crippen molar-refractivity contribution in [1.29, 1.82) is 0 Å². The molecular formula is C13H16N4O2S. The Labute approximate surface area is 120 Å². The van der Waals surface area contributed by atoms with E-state index in [1.807, 2.05) is 29.2 Å². The van der Waals surface area contributed by atoms with Crippen LogP contribution in [0, 0.1) is 0 Å². The summed E-state index contributed by atoms with van der Waals surface area (Å²) in [6.45, 7) is 2.25. The molecule has 1 atom stereocenters. The molecule has 0 radical (unpaired) electrons. The van der Waals surface area contributed by atoms with Gasteiger partial charge in [-0.25, -0.2) is 9.78 Å². The lowest BCUT2D eigenvalue weighted by Gasteiger charge is -2.21. The third-order valence-electron chi connectivity index (χ3n) is 3.01. The van der Waals surface area contributed by atoms with Crippen molar-refractivity contribution >= 4 is 33.5 Å². The number of para-hydroxylation sites is 1. The number of likely N-dealkylation sites (N-methyl/N-ethyl adjacent to an activating group) is 1. The van der Waals surface area contributed by atoms with E-state index in [0.29, 0.717) is 6.54 Å². The van der Waals surface area contributed by atoms with Gasteiger partial charge in [0.25, 0.3) is 0 Å². The van der Waals surface area contributed by atoms with Crippen molar-refractivity contribution in [2.24, 2.45) is 5.73 Å². The van der Waals surface area contributed by atoms with Gasteiger partial charge in [0.1, 0.15) is 5.01 Å². The number of nitrogens with two attached hydrogens (primary N) is 1. The normalized spacial score (nSPS) is 12.6. The van der Waals surface area contributed by atoms with E-state index in [-0.39, 0.29) is 0 Å². The summed E-state index contributed by atoms with van der Waals surface area (Å²) in [5.74, 6) is -0.416. The number of amides is 3. The number of aromatic nitrogens is 1. The van der Waals surface area contributed by atoms with Crippen LogP contribution >= 0.6 is 11.3 Å². The Morgan fingerprint density at radius 2 is 2.15 bits per heavy atom. The average molecular weight is 292 g/mol. The van der Waals surface area contributed by atoms with E-state index < -0.39 is 18.0 Å². The van der Waals surface area contributed by atoms with Crippen LogP contribution in [0.5, 0.6) is 0 Å². The van der Waals surface area contributed by atoms with Crippen LogP contribution in [0.3, 0.4) is 0 Å². The number of rotatable bonds is 4. The van der Waals surface area contributed by atoms with Gasteiger partial charge in [-0.3, -0.25) is 15.0 Å². The molecule has 1 aromatic carbocycles. The Morgan fingerprint density at radius 3 is 2.80 bits per heavy atom. The SMILES string of the molecule is C[C@@H](C(=O)NC(N)=O)N(C)Cc1nc2ccccc2s1. The summed E-state index contributed by atoms with van der Waals surface area (Å²) in [7, 11) is 1.80. The minimum atomic E-state index is -0.838. The molecule has 3 amide bonds. The van der Waals surface area contributed by atoms with E-state index in [1.165, 1.54) is 0 Å². The van der Waals surface area contributed by atoms with Crippen LogP contribution < -0.4 is 11.1 Å². The monoisotopic (exact) mass is 292 g/mol. The van der Waals surface area contributed by atoms with Crippen molar-refractivity contribution in [2.75, 3.05) is 7.05 Å². The van der Waals surface area contributed by atoms with Gasteiger partial charge in [0.2, 0.25) is 5.91 Å². The van der Waals surface area contributed by atoms with Gasteiger partial charge in [-0.15, -0.1) is 11.3 Å². The number of benzene rings is 1. The van der Waals surface area contributed by atoms with Crippen LogP contribution in [0.4, 0.5) is 4.79 Å². The first-order valence-corrected chi connectivity index (χ1v) is 6.94. The first-order chi connectivity index (χ1) is 9.47. The summed E-state index contributed by atoms with van der Waals surface area (Å²) >= 11 is 1.59. The Bertz CT molecular complexity index is 607. The molecule has 0 bridgehead atoms. The highest BCUT2D eigenvalue weighted by Crippen LogP contribution is 2.22. The lowest BCUT2D eigenvalue weighted by Crippen LogP contribution is -2.46. The number of urea groups is 1. The van der Waals surface area contributed by atoms with Crippen LogP contribution in [0.2, 0.25) is 0 Å². The van der Waals surface area contributed by atoms with Crippen molar-refractivity contribution < 1.29 is 9.59 Å². The summed E-state index contributed by atoms with van der Waals surface area (Å²) < 4.78 is 1.12. The summed E-state index contributed by atoms with van der Waals surface area (Å²) in [6, 6.07) is 6.58. The Morgan fingerprint density at radius 1 is 1.45 bits per heavy atom. The number of primary amides is 1. The zero-order valence-electron chi connectivity index (χ0n) is 11.3. The molecule has 0 aliphatic rings. The van der Waals surface area contributed by atoms with Gasteiger partial charge in [-0.2, -0.15) is 0 Å². The summed E-state index contributed by atoms with van der Waals surface area (Å²) in [6.07, 6.45) is 0. The van der Waals surface area contributed by atoms with E-state index in [4.69, 9.17) is 5.73 Å². The molecule has 0 unspecified atom stereocenters. The predicted octanol–water partition coefficient (Wildman–Crippen LogP) is 1.31. The first kappa shape index (κ1) is 14.4. The standard InChI is InChI=1S/C13H16N4O2S/c1-8(12(18)16-13(14)19)17(2)7-11-15-9-5-3-4-6-10(9)20-11/h3-6,8H,7H2,1-2H3,(H3,14,16,18,19)/t8-/m0/s1. The quantitative estimate of drug-likeness (QED) is 0.889. The fourth-order valence-electron chi connectivity index (χ4n) is 1.76. The van der Waals surface area contributed by atoms with Gasteiger partial charge < -0.3 is 5.73 Å². The van der Waals surface area contributed by atoms with E-state index in [2.05, 4.69) is 10.3 Å². The molecule has 0 aliphatic carbocycles. The number of hydrogen-bond acceptors (Lipinski definition) is 5. The minimum Gasteiger partial charge on any atom is -0.351 e. The molecule has 6 nitrogen and oxygen atoms in total. The molecule has 2 rings (SSSR count). The van der Waals surface area contributed by atoms with Crippen molar-refractivity contribution in [3.8, 4) is 0 Å². The topological polar surface area (TPSA) is 88.3 Å². The van der Waals surface area contributed by atoms with Crippen molar-refractivity contribution in [3.05, 3.63) is 29.3 Å². The predicted molar refractivity (Wildman–Crippen MR) is 78.3 cm³/mol. The van der Waals surface area contributed by atoms with Crippen molar-refractivity contribution in [2.45, 2.75) is 19.5 Å². The zero-order valence-corrected chi connectivity index (χ0v) is 12.1. The minimum absolute atomic E-state index is 0.416. The lowest BCUT2D eigenvalue weighted by molar-refractivity contribution is -0.124. The van der Waals surface area contributed by atoms with Crippen molar-refractivity contribution in [1.82, 2.24) is 15.2 Å². The largest absolute Gasteiger partial charge is 0.351 e. The number of carbonyl (C=O) groups is 2. The molecule has 0 saturated carbocycles. The molecular weight excluding hydrogens is 276 g/mol. The maximum absolute atomic E-state index is 11.7. The number of carbonyl (C=O) groups excluding carboxylic acids is 2. The fourth-order valence-corrected chi connectivity index (χ4v) is 2.79. The van der Waals surface area contributed by atoms with Gasteiger partial charge >= 0.3 is 6.03 Å². The smallest absolute Gasteiger partial charge is 0.318 e. The highest BCUT2D eigenvalue weighted by molar-refractivity contribution is 7.18. The van der Waals surface area contributed by atoms with Crippen molar-refractivity contribution in [3.63, 3.8) is 0 Å². The number of nitrogens with zero attached hydrogens (tertiary/aromatic N) is 2. The number of imide groups is 1. The molecule has 1 aromatic heterocycles. The molecule has 0 aliphatic heterocycles. The molecule has 106 valence electrons. The number of nitrogens with one attached hydrogen (secondary N) is 1. The molecule has 0 fully saturated rings. The second kappa shape index (κ2) is 5.98. The first-order valence-electron chi connectivity index (χ1n) is 6.12. The van der Waals surface area contributed by atoms with Crippen LogP contribution in [0.1, 0.15) is 11.9 Å². The van der Waals surface area contributed by atoms with Crippen LogP contribution in [0.25, 0.3) is 10.2 Å². The van der Waals surface area contributed by atoms with Crippen LogP contribution in [0.15, 0.2) is 24.3 Å². The lowest BCUT2D eigenvalue weighted by atomic mass is 10.3. The molecule has 3 N–H and O–H groups in total. The average Bonchev–Trinajstić information content (AvgIpc) is 2.78. The summed E-state index contributed by atoms with van der Waals surface area (Å²) in [4.78, 5) is 28.7. The number of hydrogen-bond donors (Lipinski definition) is 2.